The van der Waals surface area contributed by atoms with Crippen molar-refractivity contribution >= 4 is 0 Å². The molecule has 3 heteroatoms. The molecule has 72 valence electrons. The highest BCUT2D eigenvalue weighted by molar-refractivity contribution is 4.72. The van der Waals surface area contributed by atoms with Crippen LogP contribution in [-0.2, 0) is 9.47 Å². The summed E-state index contributed by atoms with van der Waals surface area (Å²) in [6.45, 7) is 4.87. The quantitative estimate of drug-likeness (QED) is 0.627. The van der Waals surface area contributed by atoms with Gasteiger partial charge in [0, 0.05) is 25.7 Å². The van der Waals surface area contributed by atoms with E-state index < -0.39 is 0 Å². The Morgan fingerprint density at radius 2 is 2.50 bits per heavy atom. The van der Waals surface area contributed by atoms with Crippen LogP contribution in [0.1, 0.15) is 19.8 Å². The maximum absolute atomic E-state index is 9.62. The van der Waals surface area contributed by atoms with Gasteiger partial charge in [0.2, 0.25) is 0 Å². The van der Waals surface area contributed by atoms with Crippen molar-refractivity contribution in [2.24, 2.45) is 5.92 Å². The number of hydrogen-bond donors (Lipinski definition) is 1. The lowest BCUT2D eigenvalue weighted by molar-refractivity contribution is 0.0490. The standard InChI is InChI=1S/C9H18O3/c1-2-11-6-4-9(10)8-3-5-12-7-8/h8-10H,2-7H2,1H3. The summed E-state index contributed by atoms with van der Waals surface area (Å²) in [4.78, 5) is 0. The second-order valence-corrected chi connectivity index (χ2v) is 3.18. The summed E-state index contributed by atoms with van der Waals surface area (Å²) in [5, 5.41) is 9.62. The summed E-state index contributed by atoms with van der Waals surface area (Å²) >= 11 is 0. The molecule has 1 aliphatic rings. The molecule has 0 radical (unpaired) electrons. The van der Waals surface area contributed by atoms with Crippen LogP contribution in [0.4, 0.5) is 0 Å². The fourth-order valence-electron chi connectivity index (χ4n) is 1.44. The molecule has 1 saturated heterocycles. The highest BCUT2D eigenvalue weighted by Gasteiger charge is 2.23. The molecule has 0 saturated carbocycles. The molecule has 1 fully saturated rings. The van der Waals surface area contributed by atoms with E-state index in [2.05, 4.69) is 0 Å². The number of aliphatic hydroxyl groups is 1. The fraction of sp³-hybridized carbons (Fsp3) is 1.00. The molecule has 12 heavy (non-hydrogen) atoms. The predicted octanol–water partition coefficient (Wildman–Crippen LogP) is 0.810. The molecule has 0 aromatic heterocycles. The Balaban J connectivity index is 2.05. The fourth-order valence-corrected chi connectivity index (χ4v) is 1.44. The van der Waals surface area contributed by atoms with E-state index in [4.69, 9.17) is 9.47 Å². The highest BCUT2D eigenvalue weighted by Crippen LogP contribution is 2.18. The summed E-state index contributed by atoms with van der Waals surface area (Å²) in [5.74, 6) is 0.338. The molecule has 0 aromatic carbocycles. The van der Waals surface area contributed by atoms with Gasteiger partial charge in [-0.15, -0.1) is 0 Å². The minimum Gasteiger partial charge on any atom is -0.393 e. The molecular weight excluding hydrogens is 156 g/mol. The van der Waals surface area contributed by atoms with Crippen molar-refractivity contribution < 1.29 is 14.6 Å². The van der Waals surface area contributed by atoms with E-state index in [1.165, 1.54) is 0 Å². The minimum absolute atomic E-state index is 0.237. The first-order chi connectivity index (χ1) is 5.84. The lowest BCUT2D eigenvalue weighted by atomic mass is 10.00. The van der Waals surface area contributed by atoms with E-state index >= 15 is 0 Å². The van der Waals surface area contributed by atoms with Crippen molar-refractivity contribution in [3.63, 3.8) is 0 Å². The van der Waals surface area contributed by atoms with Crippen molar-refractivity contribution in [1.29, 1.82) is 0 Å². The van der Waals surface area contributed by atoms with Crippen LogP contribution in [0.15, 0.2) is 0 Å². The van der Waals surface area contributed by atoms with Crippen molar-refractivity contribution in [2.45, 2.75) is 25.9 Å². The van der Waals surface area contributed by atoms with Gasteiger partial charge in [-0.25, -0.2) is 0 Å². The van der Waals surface area contributed by atoms with Crippen LogP contribution >= 0.6 is 0 Å². The molecular formula is C9H18O3. The first kappa shape index (κ1) is 9.96. The molecule has 0 amide bonds. The highest BCUT2D eigenvalue weighted by atomic mass is 16.5. The van der Waals surface area contributed by atoms with Crippen molar-refractivity contribution in [1.82, 2.24) is 0 Å². The molecule has 0 bridgehead atoms. The van der Waals surface area contributed by atoms with Gasteiger partial charge >= 0.3 is 0 Å². The van der Waals surface area contributed by atoms with Crippen LogP contribution in [0.5, 0.6) is 0 Å². The van der Waals surface area contributed by atoms with Gasteiger partial charge in [0.05, 0.1) is 12.7 Å². The Hall–Kier alpha value is -0.120. The van der Waals surface area contributed by atoms with E-state index in [1.807, 2.05) is 6.92 Å². The first-order valence-electron chi connectivity index (χ1n) is 4.68. The van der Waals surface area contributed by atoms with E-state index in [0.717, 1.165) is 26.1 Å². The second-order valence-electron chi connectivity index (χ2n) is 3.18. The molecule has 2 unspecified atom stereocenters. The van der Waals surface area contributed by atoms with Crippen LogP contribution in [-0.4, -0.2) is 37.6 Å². The van der Waals surface area contributed by atoms with Crippen LogP contribution in [0.25, 0.3) is 0 Å². The topological polar surface area (TPSA) is 38.7 Å². The monoisotopic (exact) mass is 174 g/mol. The molecule has 1 rings (SSSR count). The van der Waals surface area contributed by atoms with Crippen molar-refractivity contribution in [3.8, 4) is 0 Å². The van der Waals surface area contributed by atoms with Crippen molar-refractivity contribution in [2.75, 3.05) is 26.4 Å². The Morgan fingerprint density at radius 1 is 1.67 bits per heavy atom. The van der Waals surface area contributed by atoms with Crippen LogP contribution < -0.4 is 0 Å². The van der Waals surface area contributed by atoms with Gasteiger partial charge in [-0.05, 0) is 19.8 Å². The molecule has 3 nitrogen and oxygen atoms in total. The molecule has 1 N–H and O–H groups in total. The first-order valence-corrected chi connectivity index (χ1v) is 4.68. The van der Waals surface area contributed by atoms with E-state index in [0.29, 0.717) is 19.1 Å². The largest absolute Gasteiger partial charge is 0.393 e. The zero-order valence-corrected chi connectivity index (χ0v) is 7.66. The van der Waals surface area contributed by atoms with Gasteiger partial charge < -0.3 is 14.6 Å². The SMILES string of the molecule is CCOCCC(O)C1CCOC1. The molecule has 1 heterocycles. The second kappa shape index (κ2) is 5.51. The van der Waals surface area contributed by atoms with Crippen LogP contribution in [0.2, 0.25) is 0 Å². The third-order valence-electron chi connectivity index (χ3n) is 2.27. The van der Waals surface area contributed by atoms with Crippen LogP contribution in [0, 0.1) is 5.92 Å². The molecule has 1 aliphatic heterocycles. The molecule has 0 aromatic rings. The van der Waals surface area contributed by atoms with E-state index in [1.54, 1.807) is 0 Å². The maximum atomic E-state index is 9.62. The average Bonchev–Trinajstić information content (AvgIpc) is 2.56. The third kappa shape index (κ3) is 3.09. The lowest BCUT2D eigenvalue weighted by Gasteiger charge is -2.15. The Kier molecular flexibility index (Phi) is 4.58. The lowest BCUT2D eigenvalue weighted by Crippen LogP contribution is -2.22. The number of ether oxygens (including phenoxy) is 2. The molecule has 0 aliphatic carbocycles. The van der Waals surface area contributed by atoms with Gasteiger partial charge in [0.25, 0.3) is 0 Å². The number of aliphatic hydroxyl groups excluding tert-OH is 1. The average molecular weight is 174 g/mol. The number of rotatable bonds is 5. The Bertz CT molecular complexity index is 110. The summed E-state index contributed by atoms with van der Waals surface area (Å²) in [5.41, 5.74) is 0. The van der Waals surface area contributed by atoms with Gasteiger partial charge in [-0.1, -0.05) is 0 Å². The summed E-state index contributed by atoms with van der Waals surface area (Å²) in [6, 6.07) is 0. The molecule has 0 spiro atoms. The third-order valence-corrected chi connectivity index (χ3v) is 2.27. The van der Waals surface area contributed by atoms with Gasteiger partial charge in [0.15, 0.2) is 0 Å². The molecule has 2 atom stereocenters. The number of hydrogen-bond acceptors (Lipinski definition) is 3. The van der Waals surface area contributed by atoms with Crippen LogP contribution in [0.3, 0.4) is 0 Å². The zero-order chi connectivity index (χ0) is 8.81. The maximum Gasteiger partial charge on any atom is 0.0613 e. The van der Waals surface area contributed by atoms with E-state index in [9.17, 15) is 5.11 Å². The van der Waals surface area contributed by atoms with Gasteiger partial charge in [0.1, 0.15) is 0 Å². The normalized spacial score (nSPS) is 26.0. The minimum atomic E-state index is -0.237. The summed E-state index contributed by atoms with van der Waals surface area (Å²) in [6.07, 6.45) is 1.49. The van der Waals surface area contributed by atoms with Gasteiger partial charge in [-0.3, -0.25) is 0 Å². The summed E-state index contributed by atoms with van der Waals surface area (Å²) in [7, 11) is 0. The van der Waals surface area contributed by atoms with Crippen molar-refractivity contribution in [3.05, 3.63) is 0 Å². The summed E-state index contributed by atoms with van der Waals surface area (Å²) < 4.78 is 10.3. The smallest absolute Gasteiger partial charge is 0.0613 e. The Labute approximate surface area is 73.7 Å². The van der Waals surface area contributed by atoms with E-state index in [-0.39, 0.29) is 6.10 Å². The van der Waals surface area contributed by atoms with Gasteiger partial charge in [-0.2, -0.15) is 0 Å². The Morgan fingerprint density at radius 3 is 3.08 bits per heavy atom. The predicted molar refractivity (Wildman–Crippen MR) is 46.0 cm³/mol. The zero-order valence-electron chi connectivity index (χ0n) is 7.66.